The molecule has 4 aliphatic rings. The van der Waals surface area contributed by atoms with E-state index in [0.29, 0.717) is 211 Å². The minimum atomic E-state index is -4.30. The zero-order chi connectivity index (χ0) is 109. The summed E-state index contributed by atoms with van der Waals surface area (Å²) in [6.07, 6.45) is -13.3. The Labute approximate surface area is 878 Å². The number of thiophene rings is 4. The molecule has 0 bridgehead atoms. The highest BCUT2D eigenvalue weighted by atomic mass is 32.2. The van der Waals surface area contributed by atoms with Crippen LogP contribution >= 0.6 is 45.3 Å². The number of benzene rings is 4. The molecular weight excluding hydrogens is 2140 g/mol. The van der Waals surface area contributed by atoms with Gasteiger partial charge in [0.1, 0.15) is 67.9 Å². The molecule has 12 heterocycles. The van der Waals surface area contributed by atoms with Crippen molar-refractivity contribution in [3.05, 3.63) is 205 Å². The molecule has 3 N–H and O–H groups in total. The van der Waals surface area contributed by atoms with Crippen LogP contribution in [0.2, 0.25) is 0 Å². The number of nitrogens with zero attached hydrogens (tertiary/aromatic N) is 17. The van der Waals surface area contributed by atoms with Crippen molar-refractivity contribution in [2.75, 3.05) is 174 Å². The molecule has 8 aromatic heterocycles. The van der Waals surface area contributed by atoms with Crippen LogP contribution in [0.25, 0.3) is 40.9 Å². The number of nitrogen functional groups attached to an aromatic ring is 1. The molecule has 0 saturated carbocycles. The number of sulfone groups is 3. The number of unbranched alkanes of at least 4 members (excludes halogenated alkanes) is 1. The molecule has 5 amide bonds. The fourth-order valence-corrected chi connectivity index (χ4v) is 24.9. The van der Waals surface area contributed by atoms with Gasteiger partial charge in [-0.25, -0.2) is 65.1 Å². The van der Waals surface area contributed by atoms with Crippen LogP contribution in [-0.2, 0) is 133 Å². The molecule has 1 unspecified atom stereocenters. The summed E-state index contributed by atoms with van der Waals surface area (Å²) in [6.45, 7) is 15.0. The van der Waals surface area contributed by atoms with E-state index < -0.39 is 91.0 Å². The zero-order valence-corrected chi connectivity index (χ0v) is 89.3. The number of carbonyl (C=O) groups excluding carboxylic acids is 5. The van der Waals surface area contributed by atoms with Gasteiger partial charge in [-0.2, -0.15) is 52.7 Å². The number of carbonyl (C=O) groups is 5. The number of hydrogen-bond acceptors (Lipinski definition) is 31. The van der Waals surface area contributed by atoms with Gasteiger partial charge in [0.15, 0.2) is 29.5 Å². The van der Waals surface area contributed by atoms with E-state index in [1.807, 2.05) is 57.7 Å². The highest BCUT2D eigenvalue weighted by Gasteiger charge is 2.37. The number of fused-ring (bicyclic) bond motifs is 4. The van der Waals surface area contributed by atoms with Crippen LogP contribution in [0.5, 0.6) is 0 Å². The first-order valence-electron chi connectivity index (χ1n) is 47.7. The molecule has 0 aliphatic carbocycles. The maximum Gasteiger partial charge on any atom is 0.393 e. The summed E-state index contributed by atoms with van der Waals surface area (Å²) in [5.74, 6) is 1.92. The van der Waals surface area contributed by atoms with E-state index >= 15 is 0 Å². The van der Waals surface area contributed by atoms with E-state index in [2.05, 4.69) is 45.2 Å². The number of halogens is 12. The van der Waals surface area contributed by atoms with Gasteiger partial charge in [-0.15, -0.1) is 45.3 Å². The predicted octanol–water partition coefficient (Wildman–Crippen LogP) is 13.8. The number of amides is 5. The zero-order valence-electron chi connectivity index (χ0n) is 82.8. The molecule has 0 spiro atoms. The van der Waals surface area contributed by atoms with Crippen molar-refractivity contribution >= 4 is 185 Å². The van der Waals surface area contributed by atoms with Crippen LogP contribution in [0.3, 0.4) is 0 Å². The number of nitrogens with one attached hydrogen (secondary N) is 1. The third-order valence-electron chi connectivity index (χ3n) is 24.1. The molecule has 32 nitrogen and oxygen atoms in total. The van der Waals surface area contributed by atoms with E-state index in [0.717, 1.165) is 74.0 Å². The van der Waals surface area contributed by atoms with Gasteiger partial charge in [-0.05, 0) is 95.9 Å². The Kier molecular flexibility index (Phi) is 40.8. The Balaban J connectivity index is 0.000000174. The van der Waals surface area contributed by atoms with Crippen molar-refractivity contribution in [3.8, 4) is 0 Å². The third kappa shape index (κ3) is 36.6. The summed E-state index contributed by atoms with van der Waals surface area (Å²) in [4.78, 5) is 116. The lowest BCUT2D eigenvalue weighted by molar-refractivity contribution is -0.131. The summed E-state index contributed by atoms with van der Waals surface area (Å²) in [7, 11) is -6.07. The van der Waals surface area contributed by atoms with E-state index in [1.54, 1.807) is 118 Å². The number of hydrogen-bond donors (Lipinski definition) is 2. The summed E-state index contributed by atoms with van der Waals surface area (Å²) >= 11 is 2.22. The van der Waals surface area contributed by atoms with Crippen LogP contribution < -0.4 is 30.7 Å². The van der Waals surface area contributed by atoms with Gasteiger partial charge >= 0.3 is 24.7 Å². The molecule has 4 fully saturated rings. The van der Waals surface area contributed by atoms with E-state index in [9.17, 15) is 111 Å². The van der Waals surface area contributed by atoms with Crippen molar-refractivity contribution in [2.24, 2.45) is 0 Å². The maximum atomic E-state index is 12.9. The number of anilines is 5. The minimum Gasteiger partial charge on any atom is -0.772 e. The third-order valence-corrected chi connectivity index (χ3v) is 33.9. The quantitative estimate of drug-likeness (QED) is 0.0225. The molecule has 0 radical (unpaired) electrons. The second-order valence-corrected chi connectivity index (χ2v) is 49.3. The first-order valence-corrected chi connectivity index (χ1v) is 57.6. The van der Waals surface area contributed by atoms with Crippen LogP contribution in [0.4, 0.5) is 81.6 Å². The first kappa shape index (κ1) is 117. The molecule has 16 rings (SSSR count). The van der Waals surface area contributed by atoms with Gasteiger partial charge in [0.05, 0.1) is 107 Å². The number of aromatic nitrogens is 8. The average molecular weight is 2250 g/mol. The number of alkyl halides is 12. The standard InChI is InChI=1S/C25H28F3N5O4S2.C25H30F3N5O3S2.C25H29F3N4O3S2.C20H20F3N5OS.C3H8O2S/c1-17(34)29-6-11-39(36,37)15-19-4-2-18(3-5-19)12-22(35)32-7-9-33(10-8-32)23-21-13-20(14-25(26,27)28)38-24(21)31-16-30-23;1-31(2)11-12-38(35,36)16-19-5-3-18(4-6-19)13-22(34)32-7-9-33(10-8-32)23-21-14-20(15-25(26,27)28)37-24(21)30-17-29-23;1-2-3-12-37(34,35)16-19-6-4-18(5-7-19)13-22(33)31-8-10-32(11-9-31)23-21-14-20(15-25(26,27)28)36-24(21)30-17-29-23;21-20(22,23)11-15-10-16-18(25-12-26-19(16)30-15)28-7-5-27(6-8-28)17(29)9-13-1-3-14(24)4-2-13;1-3(2)6(4)5/h2-5,13,16H,6-12,14-15H2,1H3,(H,29,34);3-6,14,17H,7-13,15-16H2,1-2H3;4-7,14,17H,2-3,8-13,15-16H2,1H3;1-4,10,12H,5-9,11,24H2;3H,1-2H3,(H,4,5)/p-1. The highest BCUT2D eigenvalue weighted by molar-refractivity contribution is 7.91. The average Bonchev–Trinajstić information content (AvgIpc) is 1.65. The van der Waals surface area contributed by atoms with Gasteiger partial charge in [-0.1, -0.05) is 123 Å². The molecule has 4 saturated heterocycles. The van der Waals surface area contributed by atoms with Crippen LogP contribution in [0, 0.1) is 0 Å². The Morgan fingerprint density at radius 2 is 0.627 bits per heavy atom. The van der Waals surface area contributed by atoms with Crippen molar-refractivity contribution in [1.82, 2.24) is 69.7 Å². The smallest absolute Gasteiger partial charge is 0.393 e. The monoisotopic (exact) mass is 2250 g/mol. The van der Waals surface area contributed by atoms with E-state index in [4.69, 9.17) is 5.73 Å². The Morgan fingerprint density at radius 3 is 0.853 bits per heavy atom. The molecule has 150 heavy (non-hydrogen) atoms. The SMILES string of the molecule is CC(=O)NCCS(=O)(=O)Cc1ccc(CC(=O)N2CCN(c3ncnc4sc(CC(F)(F)F)cc34)CC2)cc1.CC(C)S(=O)[O-].CCCCS(=O)(=O)Cc1ccc(CC(=O)N2CCN(c3ncnc4sc(CC(F)(F)F)cc34)CC2)cc1.CN(C)CCS(=O)(=O)Cc1ccc(CC(=O)N2CCN(c3ncnc4sc(CC(F)(F)F)cc34)CC2)cc1.Nc1ccc(CC(=O)N2CCN(c3ncnc4sc(CC(F)(F)F)cc34)CC2)cc1. The van der Waals surface area contributed by atoms with Gasteiger partial charge in [0.2, 0.25) is 29.5 Å². The lowest BCUT2D eigenvalue weighted by atomic mass is 10.1. The van der Waals surface area contributed by atoms with Crippen molar-refractivity contribution in [1.29, 1.82) is 0 Å². The molecular formula is C98H114F12N19O13S8-. The number of nitrogens with two attached hydrogens (primary N) is 1. The molecule has 4 aromatic carbocycles. The van der Waals surface area contributed by atoms with Crippen molar-refractivity contribution in [3.63, 3.8) is 0 Å². The van der Waals surface area contributed by atoms with Gasteiger partial charge in [0, 0.05) is 155 Å². The number of rotatable bonds is 32. The second-order valence-electron chi connectivity index (χ2n) is 36.8. The van der Waals surface area contributed by atoms with Crippen molar-refractivity contribution < 1.29 is 111 Å². The Hall–Kier alpha value is -11.5. The summed E-state index contributed by atoms with van der Waals surface area (Å²) in [5, 5.41) is 4.65. The first-order chi connectivity index (χ1) is 70.7. The predicted molar refractivity (Wildman–Crippen MR) is 558 cm³/mol. The lowest BCUT2D eigenvalue weighted by Crippen LogP contribution is -2.49. The van der Waals surface area contributed by atoms with Crippen LogP contribution in [-0.4, -0.2) is 307 Å². The highest BCUT2D eigenvalue weighted by Crippen LogP contribution is 2.40. The number of piperazine rings is 4. The van der Waals surface area contributed by atoms with E-state index in [1.165, 1.54) is 56.5 Å². The normalized spacial score (nSPS) is 14.9. The van der Waals surface area contributed by atoms with Crippen LogP contribution in [0.1, 0.15) is 99.0 Å². The molecule has 52 heteroatoms. The minimum absolute atomic E-state index is 0.00131. The summed E-state index contributed by atoms with van der Waals surface area (Å²) < 4.78 is 246. The summed E-state index contributed by atoms with van der Waals surface area (Å²) in [6, 6.07) is 34.3. The fraction of sp³-hybridized carbons (Fsp3) is 0.459. The molecule has 1 atom stereocenters. The largest absolute Gasteiger partial charge is 0.772 e. The molecule has 4 aliphatic heterocycles. The molecule has 812 valence electrons. The Morgan fingerprint density at radius 1 is 0.393 bits per heavy atom. The van der Waals surface area contributed by atoms with Gasteiger partial charge in [0.25, 0.3) is 0 Å². The summed E-state index contributed by atoms with van der Waals surface area (Å²) in [5.41, 5.74) is 11.6. The van der Waals surface area contributed by atoms with Gasteiger partial charge < -0.3 is 59.7 Å². The maximum absolute atomic E-state index is 12.9. The molecule has 12 aromatic rings. The fourth-order valence-electron chi connectivity index (χ4n) is 16.5. The van der Waals surface area contributed by atoms with Crippen LogP contribution in [0.15, 0.2) is 147 Å². The van der Waals surface area contributed by atoms with Gasteiger partial charge in [-0.3, -0.25) is 28.2 Å². The lowest BCUT2D eigenvalue weighted by Gasteiger charge is -2.35. The topological polar surface area (TPSA) is 398 Å². The van der Waals surface area contributed by atoms with Crippen molar-refractivity contribution in [2.45, 2.75) is 139 Å². The second kappa shape index (κ2) is 52.2. The van der Waals surface area contributed by atoms with E-state index in [-0.39, 0.29) is 115 Å². The Bertz CT molecular complexity index is 6980.